The monoisotopic (exact) mass is 261 g/mol. The Hall–Kier alpha value is -2.50. The summed E-state index contributed by atoms with van der Waals surface area (Å²) in [7, 11) is 1.77. The smallest absolute Gasteiger partial charge is 0.356 e. The molecule has 1 aromatic carbocycles. The largest absolute Gasteiger partial charge is 0.476 e. The molecule has 98 valence electrons. The lowest BCUT2D eigenvalue weighted by molar-refractivity contribution is 0.0690. The molecular weight excluding hydrogens is 249 g/mol. The molecule has 5 nitrogen and oxygen atoms in total. The Labute approximate surface area is 109 Å². The van der Waals surface area contributed by atoms with Crippen LogP contribution >= 0.6 is 0 Å². The Morgan fingerprint density at radius 3 is 2.74 bits per heavy atom. The van der Waals surface area contributed by atoms with Crippen molar-refractivity contribution in [3.05, 3.63) is 53.7 Å². The fraction of sp³-hybridized carbons (Fsp3) is 0.154. The number of hydrogen-bond acceptors (Lipinski definition) is 4. The lowest BCUT2D eigenvalue weighted by Gasteiger charge is -2.17. The van der Waals surface area contributed by atoms with Crippen LogP contribution in [0.5, 0.6) is 0 Å². The van der Waals surface area contributed by atoms with Crippen molar-refractivity contribution in [1.29, 1.82) is 0 Å². The van der Waals surface area contributed by atoms with Crippen LogP contribution in [0.4, 0.5) is 10.2 Å². The average Bonchev–Trinajstić information content (AvgIpc) is 2.39. The van der Waals surface area contributed by atoms with E-state index in [1.807, 2.05) is 0 Å². The maximum atomic E-state index is 13.1. The number of halogens is 1. The van der Waals surface area contributed by atoms with Gasteiger partial charge in [-0.3, -0.25) is 0 Å². The summed E-state index contributed by atoms with van der Waals surface area (Å²) in [6.07, 6.45) is 2.57. The van der Waals surface area contributed by atoms with Gasteiger partial charge in [-0.05, 0) is 17.7 Å². The molecule has 0 amide bonds. The highest BCUT2D eigenvalue weighted by molar-refractivity contribution is 5.84. The standard InChI is InChI=1S/C13H12FN3O2/c1-17(8-9-3-2-4-10(14)5-9)12-7-15-11(6-16-12)13(18)19/h2-7H,8H2,1H3,(H,18,19). The van der Waals surface area contributed by atoms with Crippen LogP contribution in [-0.4, -0.2) is 28.1 Å². The van der Waals surface area contributed by atoms with Crippen LogP contribution in [0, 0.1) is 5.82 Å². The molecule has 0 fully saturated rings. The quantitative estimate of drug-likeness (QED) is 0.911. The topological polar surface area (TPSA) is 66.3 Å². The van der Waals surface area contributed by atoms with Crippen molar-refractivity contribution in [3.63, 3.8) is 0 Å². The number of aromatic nitrogens is 2. The van der Waals surface area contributed by atoms with E-state index in [0.29, 0.717) is 12.4 Å². The Bertz CT molecular complexity index is 587. The number of carbonyl (C=O) groups is 1. The van der Waals surface area contributed by atoms with Crippen molar-refractivity contribution in [2.24, 2.45) is 0 Å². The van der Waals surface area contributed by atoms with Gasteiger partial charge in [-0.15, -0.1) is 0 Å². The highest BCUT2D eigenvalue weighted by Gasteiger charge is 2.08. The minimum Gasteiger partial charge on any atom is -0.476 e. The summed E-state index contributed by atoms with van der Waals surface area (Å²) in [5, 5.41) is 8.72. The molecule has 0 aliphatic carbocycles. The number of aromatic carboxylic acids is 1. The minimum absolute atomic E-state index is 0.108. The van der Waals surface area contributed by atoms with Crippen LogP contribution in [0.1, 0.15) is 16.1 Å². The Morgan fingerprint density at radius 2 is 2.16 bits per heavy atom. The van der Waals surface area contributed by atoms with Gasteiger partial charge < -0.3 is 10.0 Å². The first kappa shape index (κ1) is 12.9. The fourth-order valence-corrected chi connectivity index (χ4v) is 1.62. The van der Waals surface area contributed by atoms with Crippen LogP contribution in [0.3, 0.4) is 0 Å². The minimum atomic E-state index is -1.12. The van der Waals surface area contributed by atoms with Crippen molar-refractivity contribution < 1.29 is 14.3 Å². The van der Waals surface area contributed by atoms with Crippen molar-refractivity contribution in [3.8, 4) is 0 Å². The van der Waals surface area contributed by atoms with E-state index < -0.39 is 5.97 Å². The van der Waals surface area contributed by atoms with E-state index in [0.717, 1.165) is 5.56 Å². The lowest BCUT2D eigenvalue weighted by atomic mass is 10.2. The van der Waals surface area contributed by atoms with E-state index in [9.17, 15) is 9.18 Å². The summed E-state index contributed by atoms with van der Waals surface area (Å²) in [6, 6.07) is 6.26. The van der Waals surface area contributed by atoms with Gasteiger partial charge in [0.25, 0.3) is 0 Å². The van der Waals surface area contributed by atoms with Gasteiger partial charge in [-0.2, -0.15) is 0 Å². The van der Waals surface area contributed by atoms with Crippen LogP contribution in [0.25, 0.3) is 0 Å². The second kappa shape index (κ2) is 5.43. The molecule has 6 heteroatoms. The average molecular weight is 261 g/mol. The first-order valence-corrected chi connectivity index (χ1v) is 5.57. The second-order valence-corrected chi connectivity index (χ2v) is 4.05. The van der Waals surface area contributed by atoms with Gasteiger partial charge in [0.1, 0.15) is 11.6 Å². The summed E-state index contributed by atoms with van der Waals surface area (Å²) >= 11 is 0. The molecule has 0 saturated carbocycles. The third-order valence-corrected chi connectivity index (χ3v) is 2.56. The van der Waals surface area contributed by atoms with Crippen LogP contribution < -0.4 is 4.90 Å². The molecule has 2 aromatic rings. The Morgan fingerprint density at radius 1 is 1.37 bits per heavy atom. The molecule has 2 rings (SSSR count). The maximum Gasteiger partial charge on any atom is 0.356 e. The van der Waals surface area contributed by atoms with Gasteiger partial charge in [-0.1, -0.05) is 12.1 Å². The zero-order valence-corrected chi connectivity index (χ0v) is 10.2. The van der Waals surface area contributed by atoms with Gasteiger partial charge in [-0.25, -0.2) is 19.2 Å². The number of nitrogens with zero attached hydrogens (tertiary/aromatic N) is 3. The van der Waals surface area contributed by atoms with E-state index in [2.05, 4.69) is 9.97 Å². The van der Waals surface area contributed by atoms with E-state index in [-0.39, 0.29) is 11.5 Å². The molecule has 0 radical (unpaired) electrons. The fourth-order valence-electron chi connectivity index (χ4n) is 1.62. The van der Waals surface area contributed by atoms with Crippen LogP contribution in [-0.2, 0) is 6.54 Å². The third-order valence-electron chi connectivity index (χ3n) is 2.56. The number of carboxylic acid groups (broad SMARTS) is 1. The molecule has 0 spiro atoms. The molecule has 1 N–H and O–H groups in total. The maximum absolute atomic E-state index is 13.1. The third kappa shape index (κ3) is 3.25. The molecular formula is C13H12FN3O2. The molecule has 0 atom stereocenters. The van der Waals surface area contributed by atoms with Crippen LogP contribution in [0.15, 0.2) is 36.7 Å². The van der Waals surface area contributed by atoms with Crippen molar-refractivity contribution in [1.82, 2.24) is 9.97 Å². The normalized spacial score (nSPS) is 10.2. The zero-order chi connectivity index (χ0) is 13.8. The van der Waals surface area contributed by atoms with Crippen LogP contribution in [0.2, 0.25) is 0 Å². The molecule has 0 aliphatic heterocycles. The van der Waals surface area contributed by atoms with E-state index in [1.165, 1.54) is 24.5 Å². The van der Waals surface area contributed by atoms with Gasteiger partial charge in [0.05, 0.1) is 12.4 Å². The highest BCUT2D eigenvalue weighted by atomic mass is 19.1. The number of benzene rings is 1. The van der Waals surface area contributed by atoms with E-state index in [1.54, 1.807) is 24.1 Å². The summed E-state index contributed by atoms with van der Waals surface area (Å²) < 4.78 is 13.1. The first-order chi connectivity index (χ1) is 9.06. The van der Waals surface area contributed by atoms with Gasteiger partial charge in [0.2, 0.25) is 0 Å². The van der Waals surface area contributed by atoms with E-state index >= 15 is 0 Å². The predicted molar refractivity (Wildman–Crippen MR) is 67.5 cm³/mol. The highest BCUT2D eigenvalue weighted by Crippen LogP contribution is 2.12. The SMILES string of the molecule is CN(Cc1cccc(F)c1)c1cnc(C(=O)O)cn1. The summed E-state index contributed by atoms with van der Waals surface area (Å²) in [6.45, 7) is 0.457. The van der Waals surface area contributed by atoms with E-state index in [4.69, 9.17) is 5.11 Å². The molecule has 0 saturated heterocycles. The summed E-state index contributed by atoms with van der Waals surface area (Å²) in [4.78, 5) is 20.2. The number of rotatable bonds is 4. The van der Waals surface area contributed by atoms with Gasteiger partial charge >= 0.3 is 5.97 Å². The predicted octanol–water partition coefficient (Wildman–Crippen LogP) is 1.95. The zero-order valence-electron chi connectivity index (χ0n) is 10.2. The number of anilines is 1. The van der Waals surface area contributed by atoms with Gasteiger partial charge in [0, 0.05) is 13.6 Å². The molecule has 1 aromatic heterocycles. The van der Waals surface area contributed by atoms with Crippen molar-refractivity contribution in [2.75, 3.05) is 11.9 Å². The molecule has 1 heterocycles. The van der Waals surface area contributed by atoms with Gasteiger partial charge in [0.15, 0.2) is 5.69 Å². The lowest BCUT2D eigenvalue weighted by Crippen LogP contribution is -2.18. The second-order valence-electron chi connectivity index (χ2n) is 4.05. The molecule has 0 unspecified atom stereocenters. The molecule has 0 aliphatic rings. The molecule has 19 heavy (non-hydrogen) atoms. The molecule has 0 bridgehead atoms. The Kier molecular flexibility index (Phi) is 3.70. The first-order valence-electron chi connectivity index (χ1n) is 5.57. The van der Waals surface area contributed by atoms with Crippen molar-refractivity contribution >= 4 is 11.8 Å². The summed E-state index contributed by atoms with van der Waals surface area (Å²) in [5.74, 6) is -0.890. The van der Waals surface area contributed by atoms with Crippen molar-refractivity contribution in [2.45, 2.75) is 6.54 Å². The Balaban J connectivity index is 2.11. The number of hydrogen-bond donors (Lipinski definition) is 1. The summed E-state index contributed by atoms with van der Waals surface area (Å²) in [5.41, 5.74) is 0.689. The number of carboxylic acids is 1.